The fourth-order valence-corrected chi connectivity index (χ4v) is 1.99. The number of hydrogen-bond acceptors (Lipinski definition) is 3. The molecule has 0 unspecified atom stereocenters. The monoisotopic (exact) mass is 251 g/mol. The second-order valence-electron chi connectivity index (χ2n) is 5.03. The topological polar surface area (TPSA) is 65.6 Å². The van der Waals surface area contributed by atoms with Crippen LogP contribution in [-0.2, 0) is 5.41 Å². The molecule has 94 valence electrons. The third-order valence-corrected chi connectivity index (χ3v) is 3.24. The summed E-state index contributed by atoms with van der Waals surface area (Å²) in [7, 11) is 0. The Morgan fingerprint density at radius 3 is 2.84 bits per heavy atom. The van der Waals surface area contributed by atoms with Gasteiger partial charge in [0.15, 0.2) is 11.6 Å². The van der Waals surface area contributed by atoms with Gasteiger partial charge in [-0.1, -0.05) is 6.07 Å². The predicted octanol–water partition coefficient (Wildman–Crippen LogP) is 3.62. The van der Waals surface area contributed by atoms with Crippen molar-refractivity contribution in [1.82, 2.24) is 9.97 Å². The highest BCUT2D eigenvalue weighted by atomic mass is 16.3. The van der Waals surface area contributed by atoms with Gasteiger partial charge in [-0.2, -0.15) is 5.26 Å². The van der Waals surface area contributed by atoms with Crippen LogP contribution in [0.1, 0.15) is 19.4 Å². The molecule has 3 rings (SSSR count). The first kappa shape index (κ1) is 11.5. The number of benzene rings is 1. The third-order valence-electron chi connectivity index (χ3n) is 3.24. The van der Waals surface area contributed by atoms with E-state index in [-0.39, 0.29) is 0 Å². The van der Waals surface area contributed by atoms with Crippen molar-refractivity contribution in [3.05, 3.63) is 42.2 Å². The normalized spacial score (nSPS) is 11.6. The van der Waals surface area contributed by atoms with E-state index in [0.717, 1.165) is 16.6 Å². The van der Waals surface area contributed by atoms with Crippen LogP contribution in [0.3, 0.4) is 0 Å². The zero-order valence-electron chi connectivity index (χ0n) is 10.8. The molecule has 3 aromatic rings. The smallest absolute Gasteiger partial charge is 0.174 e. The van der Waals surface area contributed by atoms with Gasteiger partial charge >= 0.3 is 0 Å². The van der Waals surface area contributed by atoms with Gasteiger partial charge in [-0.15, -0.1) is 0 Å². The van der Waals surface area contributed by atoms with Crippen LogP contribution < -0.4 is 0 Å². The molecule has 0 amide bonds. The van der Waals surface area contributed by atoms with Crippen LogP contribution in [0, 0.1) is 11.3 Å². The molecule has 1 aromatic carbocycles. The van der Waals surface area contributed by atoms with E-state index in [1.54, 1.807) is 6.26 Å². The predicted molar refractivity (Wildman–Crippen MR) is 72.4 cm³/mol. The molecular weight excluding hydrogens is 238 g/mol. The molecule has 0 saturated carbocycles. The van der Waals surface area contributed by atoms with E-state index in [1.165, 1.54) is 0 Å². The quantitative estimate of drug-likeness (QED) is 0.756. The van der Waals surface area contributed by atoms with E-state index in [4.69, 9.17) is 4.42 Å². The molecule has 0 spiro atoms. The van der Waals surface area contributed by atoms with E-state index in [2.05, 4.69) is 16.0 Å². The first-order chi connectivity index (χ1) is 9.10. The van der Waals surface area contributed by atoms with Crippen LogP contribution in [0.5, 0.6) is 0 Å². The van der Waals surface area contributed by atoms with Crippen molar-refractivity contribution in [1.29, 1.82) is 5.26 Å². The van der Waals surface area contributed by atoms with Gasteiger partial charge in [0.25, 0.3) is 0 Å². The Hall–Kier alpha value is -2.54. The molecule has 0 fully saturated rings. The third kappa shape index (κ3) is 1.89. The van der Waals surface area contributed by atoms with Crippen molar-refractivity contribution in [2.45, 2.75) is 19.3 Å². The molecule has 4 nitrogen and oxygen atoms in total. The largest absolute Gasteiger partial charge is 0.461 e. The summed E-state index contributed by atoms with van der Waals surface area (Å²) in [4.78, 5) is 7.69. The number of aromatic amines is 1. The summed E-state index contributed by atoms with van der Waals surface area (Å²) < 4.78 is 5.32. The molecule has 0 aliphatic rings. The second kappa shape index (κ2) is 3.99. The fraction of sp³-hybridized carbons (Fsp3) is 0.200. The van der Waals surface area contributed by atoms with E-state index in [1.807, 2.05) is 44.2 Å². The molecule has 2 heterocycles. The maximum Gasteiger partial charge on any atom is 0.174 e. The number of hydrogen-bond donors (Lipinski definition) is 1. The molecule has 0 saturated heterocycles. The highest BCUT2D eigenvalue weighted by Gasteiger charge is 2.20. The molecule has 0 aliphatic heterocycles. The maximum atomic E-state index is 9.18. The molecule has 0 aliphatic carbocycles. The SMILES string of the molecule is CC(C)(C#N)c1ccc2nc(-c3ccco3)[nH]c2c1. The molecule has 19 heavy (non-hydrogen) atoms. The summed E-state index contributed by atoms with van der Waals surface area (Å²) in [5, 5.41) is 9.18. The van der Waals surface area contributed by atoms with Gasteiger partial charge < -0.3 is 9.40 Å². The molecule has 0 atom stereocenters. The van der Waals surface area contributed by atoms with Crippen molar-refractivity contribution < 1.29 is 4.42 Å². The standard InChI is InChI=1S/C15H13N3O/c1-15(2,9-16)10-5-6-11-12(8-10)18-14(17-11)13-4-3-7-19-13/h3-8H,1-2H3,(H,17,18). The van der Waals surface area contributed by atoms with Crippen LogP contribution in [0.15, 0.2) is 41.0 Å². The Kier molecular flexibility index (Phi) is 2.42. The van der Waals surface area contributed by atoms with Crippen molar-refractivity contribution in [3.63, 3.8) is 0 Å². The summed E-state index contributed by atoms with van der Waals surface area (Å²) in [5.41, 5.74) is 2.23. The highest BCUT2D eigenvalue weighted by Crippen LogP contribution is 2.27. The van der Waals surface area contributed by atoms with Crippen LogP contribution in [0.2, 0.25) is 0 Å². The Morgan fingerprint density at radius 1 is 1.32 bits per heavy atom. The van der Waals surface area contributed by atoms with Crippen LogP contribution in [0.25, 0.3) is 22.6 Å². The maximum absolute atomic E-state index is 9.18. The summed E-state index contributed by atoms with van der Waals surface area (Å²) in [6.45, 7) is 3.80. The van der Waals surface area contributed by atoms with E-state index in [0.29, 0.717) is 11.6 Å². The van der Waals surface area contributed by atoms with Gasteiger partial charge in [-0.25, -0.2) is 4.98 Å². The Labute approximate surface area is 110 Å². The minimum Gasteiger partial charge on any atom is -0.461 e. The lowest BCUT2D eigenvalue weighted by Gasteiger charge is -2.15. The van der Waals surface area contributed by atoms with Crippen molar-refractivity contribution in [3.8, 4) is 17.7 Å². The Balaban J connectivity index is 2.13. The van der Waals surface area contributed by atoms with Crippen molar-refractivity contribution in [2.75, 3.05) is 0 Å². The summed E-state index contributed by atoms with van der Waals surface area (Å²) in [6.07, 6.45) is 1.62. The molecular formula is C15H13N3O. The minimum absolute atomic E-state index is 0.510. The van der Waals surface area contributed by atoms with Crippen LogP contribution in [0.4, 0.5) is 0 Å². The highest BCUT2D eigenvalue weighted by molar-refractivity contribution is 5.79. The van der Waals surface area contributed by atoms with Gasteiger partial charge in [-0.05, 0) is 43.7 Å². The van der Waals surface area contributed by atoms with Gasteiger partial charge in [-0.3, -0.25) is 0 Å². The minimum atomic E-state index is -0.510. The molecule has 0 bridgehead atoms. The second-order valence-corrected chi connectivity index (χ2v) is 5.03. The van der Waals surface area contributed by atoms with Crippen LogP contribution in [-0.4, -0.2) is 9.97 Å². The Morgan fingerprint density at radius 2 is 2.16 bits per heavy atom. The number of nitriles is 1. The molecule has 4 heteroatoms. The van der Waals surface area contributed by atoms with Crippen molar-refractivity contribution >= 4 is 11.0 Å². The number of nitrogens with one attached hydrogen (secondary N) is 1. The number of fused-ring (bicyclic) bond motifs is 1. The molecule has 0 radical (unpaired) electrons. The van der Waals surface area contributed by atoms with Gasteiger partial charge in [0.1, 0.15) is 0 Å². The van der Waals surface area contributed by atoms with Gasteiger partial charge in [0.05, 0.1) is 28.8 Å². The van der Waals surface area contributed by atoms with Crippen molar-refractivity contribution in [2.24, 2.45) is 0 Å². The van der Waals surface area contributed by atoms with Gasteiger partial charge in [0, 0.05) is 0 Å². The molecule has 2 aromatic heterocycles. The number of furan rings is 1. The number of rotatable bonds is 2. The number of aromatic nitrogens is 2. The summed E-state index contributed by atoms with van der Waals surface area (Å²) >= 11 is 0. The summed E-state index contributed by atoms with van der Waals surface area (Å²) in [5.74, 6) is 1.41. The lowest BCUT2D eigenvalue weighted by Crippen LogP contribution is -2.13. The fourth-order valence-electron chi connectivity index (χ4n) is 1.99. The van der Waals surface area contributed by atoms with E-state index in [9.17, 15) is 5.26 Å². The van der Waals surface area contributed by atoms with E-state index >= 15 is 0 Å². The van der Waals surface area contributed by atoms with Crippen LogP contribution >= 0.6 is 0 Å². The zero-order chi connectivity index (χ0) is 13.5. The number of nitrogens with zero attached hydrogens (tertiary/aromatic N) is 2. The first-order valence-corrected chi connectivity index (χ1v) is 6.05. The van der Waals surface area contributed by atoms with E-state index < -0.39 is 5.41 Å². The zero-order valence-corrected chi connectivity index (χ0v) is 10.8. The lowest BCUT2D eigenvalue weighted by molar-refractivity contribution is 0.578. The first-order valence-electron chi connectivity index (χ1n) is 6.05. The average Bonchev–Trinajstić information content (AvgIpc) is 3.06. The van der Waals surface area contributed by atoms with Gasteiger partial charge in [0.2, 0.25) is 0 Å². The molecule has 1 N–H and O–H groups in total. The Bertz CT molecular complexity index is 760. The number of imidazole rings is 1. The number of H-pyrrole nitrogens is 1. The summed E-state index contributed by atoms with van der Waals surface area (Å²) in [6, 6.07) is 11.8. The lowest BCUT2D eigenvalue weighted by atomic mass is 9.86. The average molecular weight is 251 g/mol.